The Hall–Kier alpha value is -3.41. The lowest BCUT2D eigenvalue weighted by Gasteiger charge is -2.11. The molecule has 0 aliphatic rings. The first-order chi connectivity index (χ1) is 13.2. The van der Waals surface area contributed by atoms with Crippen LogP contribution in [0.1, 0.15) is 21.7 Å². The van der Waals surface area contributed by atoms with Crippen LogP contribution in [0.15, 0.2) is 60.8 Å². The number of amides is 1. The quantitative estimate of drug-likeness (QED) is 0.597. The Morgan fingerprint density at radius 2 is 1.78 bits per heavy atom. The predicted octanol–water partition coefficient (Wildman–Crippen LogP) is 3.73. The van der Waals surface area contributed by atoms with Crippen LogP contribution in [0.2, 0.25) is 0 Å². The van der Waals surface area contributed by atoms with Crippen molar-refractivity contribution >= 4 is 23.1 Å². The van der Waals surface area contributed by atoms with Gasteiger partial charge in [-0.05, 0) is 55.5 Å². The normalized spacial score (nSPS) is 10.3. The summed E-state index contributed by atoms with van der Waals surface area (Å²) in [5.74, 6) is 0.378. The molecule has 0 unspecified atom stereocenters. The van der Waals surface area contributed by atoms with Crippen molar-refractivity contribution in [3.8, 4) is 0 Å². The Morgan fingerprint density at radius 1 is 1.00 bits per heavy atom. The molecule has 0 bridgehead atoms. The van der Waals surface area contributed by atoms with Crippen LogP contribution in [0.25, 0.3) is 0 Å². The van der Waals surface area contributed by atoms with Gasteiger partial charge in [0.15, 0.2) is 0 Å². The van der Waals surface area contributed by atoms with E-state index < -0.39 is 0 Å². The van der Waals surface area contributed by atoms with Gasteiger partial charge < -0.3 is 16.0 Å². The number of carbonyl (C=O) groups excluding carboxylic acids is 1. The van der Waals surface area contributed by atoms with Crippen LogP contribution in [-0.4, -0.2) is 29.5 Å². The molecule has 2 aromatic heterocycles. The number of anilines is 3. The molecule has 0 saturated carbocycles. The molecule has 0 aliphatic carbocycles. The average molecular weight is 361 g/mol. The maximum atomic E-state index is 12.5. The molecule has 1 aromatic carbocycles. The van der Waals surface area contributed by atoms with E-state index in [1.54, 1.807) is 19.3 Å². The third-order valence-corrected chi connectivity index (χ3v) is 4.10. The van der Waals surface area contributed by atoms with Gasteiger partial charge in [0, 0.05) is 49.0 Å². The summed E-state index contributed by atoms with van der Waals surface area (Å²) >= 11 is 0. The number of rotatable bonds is 7. The molecule has 27 heavy (non-hydrogen) atoms. The number of benzene rings is 1. The van der Waals surface area contributed by atoms with Gasteiger partial charge in [-0.3, -0.25) is 9.78 Å². The van der Waals surface area contributed by atoms with E-state index in [0.29, 0.717) is 11.4 Å². The van der Waals surface area contributed by atoms with Crippen LogP contribution in [0.4, 0.5) is 17.2 Å². The van der Waals surface area contributed by atoms with Gasteiger partial charge in [-0.2, -0.15) is 0 Å². The van der Waals surface area contributed by atoms with Gasteiger partial charge in [-0.25, -0.2) is 4.98 Å². The van der Waals surface area contributed by atoms with Crippen LogP contribution in [0, 0.1) is 6.92 Å². The molecule has 0 spiro atoms. The summed E-state index contributed by atoms with van der Waals surface area (Å²) in [6.07, 6.45) is 2.66. The maximum Gasteiger partial charge on any atom is 0.259 e. The van der Waals surface area contributed by atoms with Gasteiger partial charge in [0.2, 0.25) is 0 Å². The number of pyridine rings is 2. The summed E-state index contributed by atoms with van der Waals surface area (Å²) in [4.78, 5) is 21.2. The minimum absolute atomic E-state index is 0.192. The minimum Gasteiger partial charge on any atom is -0.385 e. The molecule has 138 valence electrons. The van der Waals surface area contributed by atoms with E-state index in [-0.39, 0.29) is 5.91 Å². The summed E-state index contributed by atoms with van der Waals surface area (Å²) in [5.41, 5.74) is 4.16. The van der Waals surface area contributed by atoms with Crippen LogP contribution >= 0.6 is 0 Å². The second-order valence-corrected chi connectivity index (χ2v) is 6.13. The third kappa shape index (κ3) is 5.04. The van der Waals surface area contributed by atoms with E-state index in [4.69, 9.17) is 0 Å². The van der Waals surface area contributed by atoms with Crippen LogP contribution in [-0.2, 0) is 6.42 Å². The fourth-order valence-corrected chi connectivity index (χ4v) is 2.68. The molecule has 2 heterocycles. The number of nitrogens with one attached hydrogen (secondary N) is 3. The Labute approximate surface area is 159 Å². The lowest BCUT2D eigenvalue weighted by atomic mass is 10.2. The van der Waals surface area contributed by atoms with Crippen LogP contribution in [0.3, 0.4) is 0 Å². The van der Waals surface area contributed by atoms with E-state index in [1.165, 1.54) is 0 Å². The zero-order valence-electron chi connectivity index (χ0n) is 15.5. The molecule has 6 heteroatoms. The molecular formula is C21H23N5O. The Bertz CT molecular complexity index is 894. The van der Waals surface area contributed by atoms with E-state index in [9.17, 15) is 4.79 Å². The lowest BCUT2D eigenvalue weighted by Crippen LogP contribution is -2.15. The molecule has 3 aromatic rings. The standard InChI is InChI=1S/C21H23N5O/c1-15-6-11-19(20(22-2)25-15)21(27)26-18-9-7-17(8-10-18)24-14-12-16-5-3-4-13-23-16/h3-11,13,24H,12,14H2,1-2H3,(H,22,25)(H,26,27). The van der Waals surface area contributed by atoms with Gasteiger partial charge in [0.05, 0.1) is 5.56 Å². The Morgan fingerprint density at radius 3 is 2.48 bits per heavy atom. The number of aryl methyl sites for hydroxylation is 1. The molecule has 0 radical (unpaired) electrons. The Balaban J connectivity index is 1.56. The summed E-state index contributed by atoms with van der Waals surface area (Å²) in [6, 6.07) is 17.2. The van der Waals surface area contributed by atoms with E-state index in [1.807, 2.05) is 55.5 Å². The van der Waals surface area contributed by atoms with E-state index in [2.05, 4.69) is 25.9 Å². The first-order valence-corrected chi connectivity index (χ1v) is 8.86. The van der Waals surface area contributed by atoms with Gasteiger partial charge in [0.1, 0.15) is 5.82 Å². The monoisotopic (exact) mass is 361 g/mol. The fourth-order valence-electron chi connectivity index (χ4n) is 2.68. The van der Waals surface area contributed by atoms with E-state index >= 15 is 0 Å². The average Bonchev–Trinajstić information content (AvgIpc) is 2.70. The molecule has 0 aliphatic heterocycles. The summed E-state index contributed by atoms with van der Waals surface area (Å²) in [7, 11) is 1.75. The molecule has 3 N–H and O–H groups in total. The predicted molar refractivity (Wildman–Crippen MR) is 109 cm³/mol. The molecule has 0 fully saturated rings. The molecule has 0 saturated heterocycles. The van der Waals surface area contributed by atoms with Crippen molar-refractivity contribution in [2.45, 2.75) is 13.3 Å². The zero-order valence-corrected chi connectivity index (χ0v) is 15.5. The van der Waals surface area contributed by atoms with Gasteiger partial charge in [0.25, 0.3) is 5.91 Å². The van der Waals surface area contributed by atoms with Gasteiger partial charge in [-0.15, -0.1) is 0 Å². The second kappa shape index (κ2) is 8.80. The fraction of sp³-hybridized carbons (Fsp3) is 0.190. The lowest BCUT2D eigenvalue weighted by molar-refractivity contribution is 0.102. The van der Waals surface area contributed by atoms with Crippen molar-refractivity contribution in [3.63, 3.8) is 0 Å². The van der Waals surface area contributed by atoms with Crippen molar-refractivity contribution < 1.29 is 4.79 Å². The van der Waals surface area contributed by atoms with Crippen molar-refractivity contribution in [3.05, 3.63) is 77.7 Å². The summed E-state index contributed by atoms with van der Waals surface area (Å²) in [6.45, 7) is 2.69. The Kier molecular flexibility index (Phi) is 5.99. The number of aromatic nitrogens is 2. The van der Waals surface area contributed by atoms with Crippen molar-refractivity contribution in [1.29, 1.82) is 0 Å². The topological polar surface area (TPSA) is 78.9 Å². The summed E-state index contributed by atoms with van der Waals surface area (Å²) in [5, 5.41) is 9.22. The minimum atomic E-state index is -0.192. The molecule has 6 nitrogen and oxygen atoms in total. The number of nitrogens with zero attached hydrogens (tertiary/aromatic N) is 2. The van der Waals surface area contributed by atoms with Crippen LogP contribution in [0.5, 0.6) is 0 Å². The van der Waals surface area contributed by atoms with Crippen molar-refractivity contribution in [2.24, 2.45) is 0 Å². The number of hydrogen-bond acceptors (Lipinski definition) is 5. The van der Waals surface area contributed by atoms with Crippen molar-refractivity contribution in [1.82, 2.24) is 9.97 Å². The summed E-state index contributed by atoms with van der Waals surface area (Å²) < 4.78 is 0. The SMILES string of the molecule is CNc1nc(C)ccc1C(=O)Nc1ccc(NCCc2ccccn2)cc1. The van der Waals surface area contributed by atoms with Gasteiger partial charge >= 0.3 is 0 Å². The van der Waals surface area contributed by atoms with Gasteiger partial charge in [-0.1, -0.05) is 6.07 Å². The first-order valence-electron chi connectivity index (χ1n) is 8.86. The van der Waals surface area contributed by atoms with E-state index in [0.717, 1.165) is 35.7 Å². The van der Waals surface area contributed by atoms with Crippen molar-refractivity contribution in [2.75, 3.05) is 29.5 Å². The third-order valence-electron chi connectivity index (χ3n) is 4.10. The highest BCUT2D eigenvalue weighted by atomic mass is 16.1. The number of hydrogen-bond donors (Lipinski definition) is 3. The highest BCUT2D eigenvalue weighted by Crippen LogP contribution is 2.18. The highest BCUT2D eigenvalue weighted by molar-refractivity contribution is 6.07. The highest BCUT2D eigenvalue weighted by Gasteiger charge is 2.12. The maximum absolute atomic E-state index is 12.5. The van der Waals surface area contributed by atoms with Crippen LogP contribution < -0.4 is 16.0 Å². The largest absolute Gasteiger partial charge is 0.385 e. The first kappa shape index (κ1) is 18.4. The zero-order chi connectivity index (χ0) is 19.1. The molecule has 0 atom stereocenters. The smallest absolute Gasteiger partial charge is 0.259 e. The molecular weight excluding hydrogens is 338 g/mol. The molecule has 1 amide bonds. The second-order valence-electron chi connectivity index (χ2n) is 6.13. The molecule has 3 rings (SSSR count). The number of carbonyl (C=O) groups is 1.